The summed E-state index contributed by atoms with van der Waals surface area (Å²) >= 11 is 0. The van der Waals surface area contributed by atoms with E-state index in [1.807, 2.05) is 6.92 Å². The first-order valence-corrected chi connectivity index (χ1v) is 11.1. The minimum atomic E-state index is -1.91. The topological polar surface area (TPSA) is 76.0 Å². The fraction of sp³-hybridized carbons (Fsp3) is 0.824. The molecule has 0 fully saturated rings. The van der Waals surface area contributed by atoms with Gasteiger partial charge in [-0.05, 0) is 45.0 Å². The molecule has 0 amide bonds. The van der Waals surface area contributed by atoms with Crippen LogP contribution in [0.2, 0.25) is 18.1 Å². The van der Waals surface area contributed by atoms with E-state index in [1.165, 1.54) is 6.08 Å². The summed E-state index contributed by atoms with van der Waals surface area (Å²) in [5, 5.41) is 20.3. The Morgan fingerprint density at radius 3 is 2.22 bits per heavy atom. The van der Waals surface area contributed by atoms with Crippen LogP contribution < -0.4 is 0 Å². The zero-order valence-electron chi connectivity index (χ0n) is 15.8. The van der Waals surface area contributed by atoms with Gasteiger partial charge in [0, 0.05) is 18.1 Å². The molecule has 6 heteroatoms. The molecule has 0 saturated heterocycles. The van der Waals surface area contributed by atoms with Crippen molar-refractivity contribution in [1.82, 2.24) is 0 Å². The molecule has 0 unspecified atom stereocenters. The highest BCUT2D eigenvalue weighted by Gasteiger charge is 2.38. The molecule has 0 aliphatic carbocycles. The van der Waals surface area contributed by atoms with Crippen LogP contribution in [0.4, 0.5) is 0 Å². The van der Waals surface area contributed by atoms with Crippen molar-refractivity contribution >= 4 is 14.3 Å². The summed E-state index contributed by atoms with van der Waals surface area (Å²) in [6.07, 6.45) is -0.636. The van der Waals surface area contributed by atoms with Gasteiger partial charge in [0.1, 0.15) is 0 Å². The van der Waals surface area contributed by atoms with Gasteiger partial charge >= 0.3 is 5.97 Å². The summed E-state index contributed by atoms with van der Waals surface area (Å²) in [6.45, 7) is 16.2. The second kappa shape index (κ2) is 8.96. The van der Waals surface area contributed by atoms with Crippen molar-refractivity contribution < 1.29 is 24.2 Å². The fourth-order valence-electron chi connectivity index (χ4n) is 1.89. The van der Waals surface area contributed by atoms with Crippen molar-refractivity contribution in [2.24, 2.45) is 0 Å². The van der Waals surface area contributed by atoms with Gasteiger partial charge in [-0.1, -0.05) is 20.8 Å². The van der Waals surface area contributed by atoms with Gasteiger partial charge < -0.3 is 19.4 Å². The zero-order valence-corrected chi connectivity index (χ0v) is 16.8. The van der Waals surface area contributed by atoms with Gasteiger partial charge in [-0.15, -0.1) is 0 Å². The van der Waals surface area contributed by atoms with Crippen LogP contribution in [0.15, 0.2) is 11.6 Å². The molecular formula is C17H34O5Si. The molecule has 136 valence electrons. The first-order valence-electron chi connectivity index (χ1n) is 8.21. The molecule has 3 atom stereocenters. The van der Waals surface area contributed by atoms with E-state index in [4.69, 9.17) is 9.16 Å². The van der Waals surface area contributed by atoms with Crippen molar-refractivity contribution in [3.05, 3.63) is 11.6 Å². The van der Waals surface area contributed by atoms with Gasteiger partial charge in [0.25, 0.3) is 0 Å². The third kappa shape index (κ3) is 7.61. The lowest BCUT2D eigenvalue weighted by Crippen LogP contribution is -2.44. The van der Waals surface area contributed by atoms with Crippen LogP contribution in [0.25, 0.3) is 0 Å². The summed E-state index contributed by atoms with van der Waals surface area (Å²) < 4.78 is 11.0. The molecule has 0 aromatic rings. The molecule has 0 radical (unpaired) electrons. The van der Waals surface area contributed by atoms with E-state index in [2.05, 4.69) is 33.9 Å². The number of ether oxygens (including phenoxy) is 1. The molecule has 0 saturated carbocycles. The molecule has 0 rings (SSSR count). The summed E-state index contributed by atoms with van der Waals surface area (Å²) in [5.41, 5.74) is 0.288. The summed E-state index contributed by atoms with van der Waals surface area (Å²) in [4.78, 5) is 11.5. The first-order chi connectivity index (χ1) is 10.3. The maximum atomic E-state index is 11.5. The van der Waals surface area contributed by atoms with Gasteiger partial charge in [0.2, 0.25) is 0 Å². The Bertz CT molecular complexity index is 412. The lowest BCUT2D eigenvalue weighted by molar-refractivity contribution is -0.138. The minimum Gasteiger partial charge on any atom is -0.463 e. The highest BCUT2D eigenvalue weighted by Crippen LogP contribution is 2.37. The summed E-state index contributed by atoms with van der Waals surface area (Å²) in [6, 6.07) is 0. The molecule has 0 spiro atoms. The van der Waals surface area contributed by atoms with Crippen LogP contribution in [-0.2, 0) is 14.0 Å². The predicted molar refractivity (Wildman–Crippen MR) is 94.8 cm³/mol. The molecule has 0 aliphatic heterocycles. The third-order valence-corrected chi connectivity index (χ3v) is 8.89. The number of carbonyl (C=O) groups is 1. The van der Waals surface area contributed by atoms with E-state index in [9.17, 15) is 15.0 Å². The Balaban J connectivity index is 4.66. The van der Waals surface area contributed by atoms with E-state index in [0.29, 0.717) is 6.42 Å². The normalized spacial score (nSPS) is 17.6. The number of carbonyl (C=O) groups excluding carboxylic acids is 1. The van der Waals surface area contributed by atoms with Crippen LogP contribution >= 0.6 is 0 Å². The van der Waals surface area contributed by atoms with Crippen LogP contribution in [0.1, 0.15) is 48.0 Å². The maximum Gasteiger partial charge on any atom is 0.333 e. The molecule has 0 aromatic heterocycles. The second-order valence-electron chi connectivity index (χ2n) is 7.55. The molecule has 0 heterocycles. The van der Waals surface area contributed by atoms with E-state index in [-0.39, 0.29) is 23.3 Å². The van der Waals surface area contributed by atoms with E-state index in [0.717, 1.165) is 0 Å². The predicted octanol–water partition coefficient (Wildman–Crippen LogP) is 3.02. The Labute approximate surface area is 141 Å². The van der Waals surface area contributed by atoms with Gasteiger partial charge in [-0.25, -0.2) is 4.79 Å². The average molecular weight is 347 g/mol. The highest BCUT2D eigenvalue weighted by atomic mass is 28.4. The average Bonchev–Trinajstić information content (AvgIpc) is 2.36. The van der Waals surface area contributed by atoms with Crippen LogP contribution in [0, 0.1) is 0 Å². The highest BCUT2D eigenvalue weighted by molar-refractivity contribution is 6.74. The largest absolute Gasteiger partial charge is 0.463 e. The van der Waals surface area contributed by atoms with E-state index >= 15 is 0 Å². The Morgan fingerprint density at radius 2 is 1.78 bits per heavy atom. The van der Waals surface area contributed by atoms with Gasteiger partial charge in [-0.2, -0.15) is 0 Å². The van der Waals surface area contributed by atoms with Gasteiger partial charge in [-0.3, -0.25) is 0 Å². The lowest BCUT2D eigenvalue weighted by atomic mass is 10.1. The number of aliphatic hydroxyl groups excluding tert-OH is 2. The Morgan fingerprint density at radius 1 is 1.26 bits per heavy atom. The summed E-state index contributed by atoms with van der Waals surface area (Å²) in [7, 11) is -1.91. The lowest BCUT2D eigenvalue weighted by Gasteiger charge is -2.39. The molecule has 5 nitrogen and oxygen atoms in total. The van der Waals surface area contributed by atoms with Crippen molar-refractivity contribution in [3.63, 3.8) is 0 Å². The molecular weight excluding hydrogens is 312 g/mol. The standard InChI is InChI=1S/C17H34O5Si/c1-9-21-16(20)12(2)10-14(18)15(19)11-13(3)22-23(7,8)17(4,5)6/h10,13-15,18-19H,9,11H2,1-8H3/b12-10+/t13-,14-,15-/m0/s1. The zero-order chi connectivity index (χ0) is 18.4. The van der Waals surface area contributed by atoms with Crippen molar-refractivity contribution in [2.45, 2.75) is 84.4 Å². The number of hydrogen-bond donors (Lipinski definition) is 2. The van der Waals surface area contributed by atoms with Gasteiger partial charge in [0.15, 0.2) is 8.32 Å². The van der Waals surface area contributed by atoms with E-state index < -0.39 is 26.5 Å². The molecule has 2 N–H and O–H groups in total. The number of aliphatic hydroxyl groups is 2. The van der Waals surface area contributed by atoms with Crippen LogP contribution in [-0.4, -0.2) is 49.4 Å². The maximum absolute atomic E-state index is 11.5. The fourth-order valence-corrected chi connectivity index (χ4v) is 3.34. The molecule has 0 aliphatic rings. The SMILES string of the molecule is CCOC(=O)/C(C)=C/[C@H](O)[C@@H](O)C[C@H](C)O[Si](C)(C)C(C)(C)C. The Kier molecular flexibility index (Phi) is 8.69. The number of esters is 1. The van der Waals surface area contributed by atoms with Crippen molar-refractivity contribution in [3.8, 4) is 0 Å². The molecule has 0 bridgehead atoms. The van der Waals surface area contributed by atoms with Crippen LogP contribution in [0.3, 0.4) is 0 Å². The third-order valence-electron chi connectivity index (χ3n) is 4.29. The van der Waals surface area contributed by atoms with Crippen molar-refractivity contribution in [2.75, 3.05) is 6.61 Å². The minimum absolute atomic E-state index is 0.0885. The smallest absolute Gasteiger partial charge is 0.333 e. The number of hydrogen-bond acceptors (Lipinski definition) is 5. The quantitative estimate of drug-likeness (QED) is 0.401. The van der Waals surface area contributed by atoms with Gasteiger partial charge in [0.05, 0.1) is 18.8 Å². The second-order valence-corrected chi connectivity index (χ2v) is 12.3. The van der Waals surface area contributed by atoms with E-state index in [1.54, 1.807) is 13.8 Å². The van der Waals surface area contributed by atoms with Crippen molar-refractivity contribution in [1.29, 1.82) is 0 Å². The first kappa shape index (κ1) is 22.3. The van der Waals surface area contributed by atoms with Crippen LogP contribution in [0.5, 0.6) is 0 Å². The summed E-state index contributed by atoms with van der Waals surface area (Å²) in [5.74, 6) is -0.482. The molecule has 23 heavy (non-hydrogen) atoms. The monoisotopic (exact) mass is 346 g/mol. The number of rotatable bonds is 8. The Hall–Kier alpha value is -0.693. The molecule has 0 aromatic carbocycles.